The molecule has 0 atom stereocenters. The zero-order valence-electron chi connectivity index (χ0n) is 7.49. The third-order valence-electron chi connectivity index (χ3n) is 2.68. The van der Waals surface area contributed by atoms with Crippen LogP contribution in [0.15, 0.2) is 0 Å². The lowest BCUT2D eigenvalue weighted by molar-refractivity contribution is 0.246. The summed E-state index contributed by atoms with van der Waals surface area (Å²) in [7, 11) is -3.14. The minimum Gasteiger partial charge on any atom is -0.394 e. The van der Waals surface area contributed by atoms with E-state index < -0.39 is 15.6 Å². The van der Waals surface area contributed by atoms with Gasteiger partial charge < -0.3 is 5.11 Å². The molecule has 0 bridgehead atoms. The Morgan fingerprint density at radius 2 is 2.00 bits per heavy atom. The molecule has 2 rings (SSSR count). The average Bonchev–Trinajstić information content (AvgIpc) is 2.86. The van der Waals surface area contributed by atoms with Crippen LogP contribution in [0.25, 0.3) is 0 Å². The van der Waals surface area contributed by atoms with Gasteiger partial charge in [-0.25, -0.2) is 13.1 Å². The lowest BCUT2D eigenvalue weighted by atomic mass is 10.3. The van der Waals surface area contributed by atoms with Crippen molar-refractivity contribution >= 4 is 10.0 Å². The fourth-order valence-electron chi connectivity index (χ4n) is 1.41. The molecule has 0 spiro atoms. The fraction of sp³-hybridized carbons (Fsp3) is 1.00. The molecule has 2 aliphatic carbocycles. The second-order valence-electron chi connectivity index (χ2n) is 4.27. The third-order valence-corrected chi connectivity index (χ3v) is 4.33. The summed E-state index contributed by atoms with van der Waals surface area (Å²) >= 11 is 0. The van der Waals surface area contributed by atoms with Gasteiger partial charge in [-0.1, -0.05) is 0 Å². The molecular weight excluding hydrogens is 190 g/mol. The van der Waals surface area contributed by atoms with E-state index in [1.165, 1.54) is 0 Å². The lowest BCUT2D eigenvalue weighted by Gasteiger charge is -2.13. The first-order valence-electron chi connectivity index (χ1n) is 4.68. The normalized spacial score (nSPS) is 25.9. The predicted molar refractivity (Wildman–Crippen MR) is 48.7 cm³/mol. The van der Waals surface area contributed by atoms with Gasteiger partial charge in [0.05, 0.1) is 17.9 Å². The molecule has 0 aromatic rings. The standard InChI is InChI=1S/C8H15NO3S/c10-6-8(3-4-8)9-13(11,12)5-7-1-2-7/h7,9-10H,1-6H2. The Balaban J connectivity index is 1.91. The molecule has 0 aliphatic heterocycles. The molecule has 0 saturated heterocycles. The van der Waals surface area contributed by atoms with Crippen LogP contribution in [0.1, 0.15) is 25.7 Å². The van der Waals surface area contributed by atoms with Crippen LogP contribution in [0.5, 0.6) is 0 Å². The summed E-state index contributed by atoms with van der Waals surface area (Å²) in [6.45, 7) is -0.0725. The summed E-state index contributed by atoms with van der Waals surface area (Å²) in [5, 5.41) is 8.94. The van der Waals surface area contributed by atoms with Gasteiger partial charge in [0.1, 0.15) is 0 Å². The predicted octanol–water partition coefficient (Wildman–Crippen LogP) is -0.159. The topological polar surface area (TPSA) is 66.4 Å². The molecule has 0 unspecified atom stereocenters. The molecule has 2 N–H and O–H groups in total. The van der Waals surface area contributed by atoms with Gasteiger partial charge in [0, 0.05) is 0 Å². The molecular formula is C8H15NO3S. The molecule has 2 fully saturated rings. The van der Waals surface area contributed by atoms with Crippen LogP contribution in [0.2, 0.25) is 0 Å². The highest BCUT2D eigenvalue weighted by atomic mass is 32.2. The molecule has 0 amide bonds. The van der Waals surface area contributed by atoms with Crippen molar-refractivity contribution in [2.75, 3.05) is 12.4 Å². The number of hydrogen-bond donors (Lipinski definition) is 2. The van der Waals surface area contributed by atoms with E-state index in [9.17, 15) is 8.42 Å². The van der Waals surface area contributed by atoms with Gasteiger partial charge >= 0.3 is 0 Å². The minimum absolute atomic E-state index is 0.0725. The highest BCUT2D eigenvalue weighted by Crippen LogP contribution is 2.36. The molecule has 76 valence electrons. The van der Waals surface area contributed by atoms with E-state index in [0.717, 1.165) is 25.7 Å². The largest absolute Gasteiger partial charge is 0.394 e. The Morgan fingerprint density at radius 1 is 1.38 bits per heavy atom. The molecule has 4 nitrogen and oxygen atoms in total. The van der Waals surface area contributed by atoms with E-state index in [-0.39, 0.29) is 12.4 Å². The average molecular weight is 205 g/mol. The maximum atomic E-state index is 11.5. The monoisotopic (exact) mass is 205 g/mol. The van der Waals surface area contributed by atoms with Gasteiger partial charge in [0.15, 0.2) is 0 Å². The van der Waals surface area contributed by atoms with E-state index in [1.54, 1.807) is 0 Å². The van der Waals surface area contributed by atoms with E-state index >= 15 is 0 Å². The third kappa shape index (κ3) is 2.42. The van der Waals surface area contributed by atoms with Crippen LogP contribution in [-0.2, 0) is 10.0 Å². The van der Waals surface area contributed by atoms with Crippen molar-refractivity contribution < 1.29 is 13.5 Å². The molecule has 5 heteroatoms. The molecule has 2 aliphatic rings. The molecule has 0 aromatic heterocycles. The Labute approximate surface area is 78.4 Å². The van der Waals surface area contributed by atoms with Crippen LogP contribution in [0, 0.1) is 5.92 Å². The van der Waals surface area contributed by atoms with Gasteiger partial charge in [-0.2, -0.15) is 0 Å². The summed E-state index contributed by atoms with van der Waals surface area (Å²) < 4.78 is 25.5. The van der Waals surface area contributed by atoms with Crippen LogP contribution in [-0.4, -0.2) is 31.4 Å². The maximum Gasteiger partial charge on any atom is 0.212 e. The van der Waals surface area contributed by atoms with E-state index in [4.69, 9.17) is 5.11 Å². The van der Waals surface area contributed by atoms with Crippen LogP contribution < -0.4 is 4.72 Å². The Hall–Kier alpha value is -0.130. The van der Waals surface area contributed by atoms with Crippen molar-refractivity contribution in [2.45, 2.75) is 31.2 Å². The van der Waals surface area contributed by atoms with Crippen molar-refractivity contribution in [3.63, 3.8) is 0 Å². The Kier molecular flexibility index (Phi) is 2.13. The number of nitrogens with one attached hydrogen (secondary N) is 1. The van der Waals surface area contributed by atoms with E-state index in [1.807, 2.05) is 0 Å². The highest BCUT2D eigenvalue weighted by molar-refractivity contribution is 7.89. The van der Waals surface area contributed by atoms with Crippen LogP contribution in [0.3, 0.4) is 0 Å². The van der Waals surface area contributed by atoms with Crippen molar-refractivity contribution in [3.05, 3.63) is 0 Å². The van der Waals surface area contributed by atoms with Crippen molar-refractivity contribution in [1.82, 2.24) is 4.72 Å². The number of aliphatic hydroxyl groups excluding tert-OH is 1. The summed E-state index contributed by atoms with van der Waals surface area (Å²) in [5.41, 5.74) is -0.492. The number of hydrogen-bond acceptors (Lipinski definition) is 3. The van der Waals surface area contributed by atoms with E-state index in [0.29, 0.717) is 5.92 Å². The van der Waals surface area contributed by atoms with Gasteiger partial charge in [-0.15, -0.1) is 0 Å². The van der Waals surface area contributed by atoms with Gasteiger partial charge in [-0.3, -0.25) is 0 Å². The van der Waals surface area contributed by atoms with Gasteiger partial charge in [0.25, 0.3) is 0 Å². The molecule has 0 heterocycles. The first-order chi connectivity index (χ1) is 6.05. The Bertz CT molecular complexity index is 291. The van der Waals surface area contributed by atoms with Gasteiger partial charge in [-0.05, 0) is 31.6 Å². The number of aliphatic hydroxyl groups is 1. The molecule has 13 heavy (non-hydrogen) atoms. The SMILES string of the molecule is O=S(=O)(CC1CC1)NC1(CO)CC1. The smallest absolute Gasteiger partial charge is 0.212 e. The van der Waals surface area contributed by atoms with E-state index in [2.05, 4.69) is 4.72 Å². The highest BCUT2D eigenvalue weighted by Gasteiger charge is 2.45. The zero-order valence-corrected chi connectivity index (χ0v) is 8.31. The molecule has 0 aromatic carbocycles. The molecule has 2 saturated carbocycles. The van der Waals surface area contributed by atoms with Crippen LogP contribution >= 0.6 is 0 Å². The van der Waals surface area contributed by atoms with Crippen LogP contribution in [0.4, 0.5) is 0 Å². The molecule has 0 radical (unpaired) electrons. The minimum atomic E-state index is -3.14. The van der Waals surface area contributed by atoms with Crippen molar-refractivity contribution in [1.29, 1.82) is 0 Å². The van der Waals surface area contributed by atoms with Crippen molar-refractivity contribution in [2.24, 2.45) is 5.92 Å². The summed E-state index contributed by atoms with van der Waals surface area (Å²) in [6.07, 6.45) is 3.61. The lowest BCUT2D eigenvalue weighted by Crippen LogP contribution is -2.41. The first kappa shape index (κ1) is 9.43. The second-order valence-corrected chi connectivity index (χ2v) is 6.03. The van der Waals surface area contributed by atoms with Gasteiger partial charge in [0.2, 0.25) is 10.0 Å². The van der Waals surface area contributed by atoms with Crippen molar-refractivity contribution in [3.8, 4) is 0 Å². The zero-order chi connectivity index (χ0) is 9.53. The first-order valence-corrected chi connectivity index (χ1v) is 6.33. The summed E-state index contributed by atoms with van der Waals surface area (Å²) in [5.74, 6) is 0.612. The fourth-order valence-corrected chi connectivity index (χ4v) is 3.38. The summed E-state index contributed by atoms with van der Waals surface area (Å²) in [4.78, 5) is 0. The second kappa shape index (κ2) is 2.93. The number of sulfonamides is 1. The maximum absolute atomic E-state index is 11.5. The Morgan fingerprint density at radius 3 is 2.38 bits per heavy atom. The summed E-state index contributed by atoms with van der Waals surface area (Å²) in [6, 6.07) is 0. The number of rotatable bonds is 5. The quantitative estimate of drug-likeness (QED) is 0.655.